The van der Waals surface area contributed by atoms with Crippen molar-refractivity contribution < 1.29 is 19.1 Å². The molecule has 0 aromatic heterocycles. The van der Waals surface area contributed by atoms with Gasteiger partial charge in [-0.05, 0) is 24.3 Å². The summed E-state index contributed by atoms with van der Waals surface area (Å²) in [4.78, 5) is 24.3. The van der Waals surface area contributed by atoms with Crippen molar-refractivity contribution in [3.8, 4) is 0 Å². The van der Waals surface area contributed by atoms with Crippen molar-refractivity contribution in [2.24, 2.45) is 0 Å². The summed E-state index contributed by atoms with van der Waals surface area (Å²) >= 11 is 0. The maximum absolute atomic E-state index is 11.6. The van der Waals surface area contributed by atoms with E-state index in [2.05, 4.69) is 11.3 Å². The van der Waals surface area contributed by atoms with E-state index in [4.69, 9.17) is 4.74 Å². The molecule has 0 unspecified atom stereocenters. The molecule has 102 valence electrons. The summed E-state index contributed by atoms with van der Waals surface area (Å²) < 4.78 is 9.65. The van der Waals surface area contributed by atoms with Crippen LogP contribution in [0.4, 0.5) is 5.69 Å². The second-order valence-electron chi connectivity index (χ2n) is 3.95. The van der Waals surface area contributed by atoms with Crippen molar-refractivity contribution in [2.45, 2.75) is 0 Å². The van der Waals surface area contributed by atoms with Gasteiger partial charge in [-0.3, -0.25) is 0 Å². The van der Waals surface area contributed by atoms with Crippen molar-refractivity contribution in [1.29, 1.82) is 0 Å². The van der Waals surface area contributed by atoms with Crippen molar-refractivity contribution in [3.05, 3.63) is 42.5 Å². The Hall–Kier alpha value is -2.30. The number of carbonyl (C=O) groups excluding carboxylic acids is 2. The number of hydrogen-bond acceptors (Lipinski definition) is 5. The highest BCUT2D eigenvalue weighted by Gasteiger charge is 2.07. The van der Waals surface area contributed by atoms with E-state index in [1.807, 2.05) is 31.1 Å². The fourth-order valence-electron chi connectivity index (χ4n) is 1.31. The van der Waals surface area contributed by atoms with E-state index in [0.717, 1.165) is 11.8 Å². The van der Waals surface area contributed by atoms with Gasteiger partial charge in [-0.25, -0.2) is 9.59 Å². The normalized spacial score (nSPS) is 9.58. The van der Waals surface area contributed by atoms with Crippen LogP contribution in [-0.4, -0.2) is 39.2 Å². The molecule has 1 aromatic carbocycles. The lowest BCUT2D eigenvalue weighted by Gasteiger charge is -2.12. The van der Waals surface area contributed by atoms with E-state index in [9.17, 15) is 9.59 Å². The Morgan fingerprint density at radius 1 is 1.16 bits per heavy atom. The van der Waals surface area contributed by atoms with Gasteiger partial charge in [0, 0.05) is 25.9 Å². The molecule has 0 bridgehead atoms. The van der Waals surface area contributed by atoms with E-state index in [0.29, 0.717) is 5.56 Å². The molecular formula is C14H17NO4. The Kier molecular flexibility index (Phi) is 5.60. The van der Waals surface area contributed by atoms with Crippen LogP contribution in [0.25, 0.3) is 0 Å². The highest BCUT2D eigenvalue weighted by molar-refractivity contribution is 5.89. The van der Waals surface area contributed by atoms with Gasteiger partial charge in [-0.1, -0.05) is 6.58 Å². The molecule has 0 aliphatic carbocycles. The summed E-state index contributed by atoms with van der Waals surface area (Å²) in [5.41, 5.74) is 1.46. The van der Waals surface area contributed by atoms with E-state index in [-0.39, 0.29) is 13.2 Å². The third kappa shape index (κ3) is 4.83. The maximum atomic E-state index is 11.6. The van der Waals surface area contributed by atoms with E-state index < -0.39 is 11.9 Å². The van der Waals surface area contributed by atoms with Crippen LogP contribution in [0, 0.1) is 0 Å². The monoisotopic (exact) mass is 263 g/mol. The highest BCUT2D eigenvalue weighted by Crippen LogP contribution is 2.12. The number of ether oxygens (including phenoxy) is 2. The molecule has 0 aliphatic heterocycles. The highest BCUT2D eigenvalue weighted by atomic mass is 16.6. The van der Waals surface area contributed by atoms with Crippen molar-refractivity contribution in [1.82, 2.24) is 0 Å². The predicted molar refractivity (Wildman–Crippen MR) is 72.2 cm³/mol. The van der Waals surface area contributed by atoms with Gasteiger partial charge in [-0.15, -0.1) is 0 Å². The number of nitrogens with zero attached hydrogens (tertiary/aromatic N) is 1. The summed E-state index contributed by atoms with van der Waals surface area (Å²) in [6.45, 7) is 3.30. The van der Waals surface area contributed by atoms with Gasteiger partial charge in [0.1, 0.15) is 13.2 Å². The molecular weight excluding hydrogens is 246 g/mol. The summed E-state index contributed by atoms with van der Waals surface area (Å²) in [6.07, 6.45) is 1.06. The molecule has 1 aromatic rings. The minimum atomic E-state index is -0.536. The number of hydrogen-bond donors (Lipinski definition) is 0. The van der Waals surface area contributed by atoms with Crippen molar-refractivity contribution in [3.63, 3.8) is 0 Å². The largest absolute Gasteiger partial charge is 0.459 e. The summed E-state index contributed by atoms with van der Waals surface area (Å²) in [5.74, 6) is -0.980. The van der Waals surface area contributed by atoms with Gasteiger partial charge in [-0.2, -0.15) is 0 Å². The minimum Gasteiger partial charge on any atom is -0.459 e. The third-order valence-corrected chi connectivity index (χ3v) is 2.35. The zero-order chi connectivity index (χ0) is 14.3. The molecule has 0 saturated carbocycles. The second-order valence-corrected chi connectivity index (χ2v) is 3.95. The van der Waals surface area contributed by atoms with Crippen molar-refractivity contribution >= 4 is 17.6 Å². The molecule has 0 amide bonds. The summed E-state index contributed by atoms with van der Waals surface area (Å²) in [7, 11) is 3.84. The average Bonchev–Trinajstić information content (AvgIpc) is 2.43. The Morgan fingerprint density at radius 2 is 1.74 bits per heavy atom. The van der Waals surface area contributed by atoms with Crippen LogP contribution in [0.15, 0.2) is 36.9 Å². The fourth-order valence-corrected chi connectivity index (χ4v) is 1.31. The van der Waals surface area contributed by atoms with Crippen LogP contribution in [0.2, 0.25) is 0 Å². The second kappa shape index (κ2) is 7.20. The molecule has 19 heavy (non-hydrogen) atoms. The lowest BCUT2D eigenvalue weighted by molar-refractivity contribution is -0.138. The molecule has 0 spiro atoms. The first-order chi connectivity index (χ1) is 9.04. The number of esters is 2. The first kappa shape index (κ1) is 14.8. The van der Waals surface area contributed by atoms with Gasteiger partial charge in [0.2, 0.25) is 0 Å². The molecule has 0 atom stereocenters. The summed E-state index contributed by atoms with van der Waals surface area (Å²) in [5, 5.41) is 0. The minimum absolute atomic E-state index is 0.0202. The third-order valence-electron chi connectivity index (χ3n) is 2.35. The Morgan fingerprint density at radius 3 is 2.26 bits per heavy atom. The molecule has 0 heterocycles. The molecule has 0 radical (unpaired) electrons. The van der Waals surface area contributed by atoms with Crippen molar-refractivity contribution in [2.75, 3.05) is 32.2 Å². The van der Waals surface area contributed by atoms with E-state index in [1.54, 1.807) is 12.1 Å². The zero-order valence-electron chi connectivity index (χ0n) is 11.1. The van der Waals surface area contributed by atoms with Gasteiger partial charge in [0.25, 0.3) is 0 Å². The quantitative estimate of drug-likeness (QED) is 0.443. The maximum Gasteiger partial charge on any atom is 0.338 e. The molecule has 0 fully saturated rings. The molecule has 5 heteroatoms. The van der Waals surface area contributed by atoms with Crippen LogP contribution in [0.5, 0.6) is 0 Å². The van der Waals surface area contributed by atoms with E-state index in [1.165, 1.54) is 0 Å². The molecule has 1 rings (SSSR count). The molecule has 0 saturated heterocycles. The number of benzene rings is 1. The van der Waals surface area contributed by atoms with Crippen LogP contribution in [0.3, 0.4) is 0 Å². The Bertz CT molecular complexity index is 451. The van der Waals surface area contributed by atoms with Gasteiger partial charge in [0.15, 0.2) is 0 Å². The molecule has 0 N–H and O–H groups in total. The molecule has 5 nitrogen and oxygen atoms in total. The van der Waals surface area contributed by atoms with E-state index >= 15 is 0 Å². The van der Waals surface area contributed by atoms with Gasteiger partial charge >= 0.3 is 11.9 Å². The summed E-state index contributed by atoms with van der Waals surface area (Å²) in [6, 6.07) is 7.03. The van der Waals surface area contributed by atoms with Crippen LogP contribution in [-0.2, 0) is 14.3 Å². The Labute approximate surface area is 112 Å². The van der Waals surface area contributed by atoms with Crippen LogP contribution < -0.4 is 4.90 Å². The SMILES string of the molecule is C=CC(=O)OCCOC(=O)c1ccc(N(C)C)cc1. The van der Waals surface area contributed by atoms with Crippen LogP contribution in [0.1, 0.15) is 10.4 Å². The lowest BCUT2D eigenvalue weighted by atomic mass is 10.2. The Balaban J connectivity index is 2.41. The fraction of sp³-hybridized carbons (Fsp3) is 0.286. The smallest absolute Gasteiger partial charge is 0.338 e. The van der Waals surface area contributed by atoms with Gasteiger partial charge < -0.3 is 14.4 Å². The average molecular weight is 263 g/mol. The number of carbonyl (C=O) groups is 2. The lowest BCUT2D eigenvalue weighted by Crippen LogP contribution is -2.13. The zero-order valence-corrected chi connectivity index (χ0v) is 11.1. The predicted octanol–water partition coefficient (Wildman–Crippen LogP) is 1.64. The molecule has 0 aliphatic rings. The first-order valence-corrected chi connectivity index (χ1v) is 5.78. The van der Waals surface area contributed by atoms with Gasteiger partial charge in [0.05, 0.1) is 5.56 Å². The first-order valence-electron chi connectivity index (χ1n) is 5.78. The standard InChI is InChI=1S/C14H17NO4/c1-4-13(16)18-9-10-19-14(17)11-5-7-12(8-6-11)15(2)3/h4-8H,1,9-10H2,2-3H3. The van der Waals surface area contributed by atoms with Crippen LogP contribution >= 0.6 is 0 Å². The number of anilines is 1. The number of rotatable bonds is 6. The topological polar surface area (TPSA) is 55.8 Å².